The number of amides is 2. The van der Waals surface area contributed by atoms with Gasteiger partial charge in [-0.25, -0.2) is 13.8 Å². The highest BCUT2D eigenvalue weighted by molar-refractivity contribution is 6.31. The van der Waals surface area contributed by atoms with Gasteiger partial charge >= 0.3 is 6.18 Å². The van der Waals surface area contributed by atoms with Crippen LogP contribution in [0.2, 0.25) is 5.02 Å². The van der Waals surface area contributed by atoms with Crippen molar-refractivity contribution in [2.45, 2.75) is 12.2 Å². The predicted octanol–water partition coefficient (Wildman–Crippen LogP) is 7.27. The number of H-pyrrole nitrogens is 1. The van der Waals surface area contributed by atoms with Gasteiger partial charge in [-0.05, 0) is 71.8 Å². The van der Waals surface area contributed by atoms with Crippen molar-refractivity contribution in [3.63, 3.8) is 0 Å². The van der Waals surface area contributed by atoms with Crippen molar-refractivity contribution in [2.24, 2.45) is 0 Å². The normalized spacial score (nSPS) is 14.7. The second kappa shape index (κ2) is 9.70. The highest BCUT2D eigenvalue weighted by Crippen LogP contribution is 2.42. The monoisotopic (exact) mass is 582 g/mol. The van der Waals surface area contributed by atoms with Crippen molar-refractivity contribution in [1.82, 2.24) is 15.3 Å². The van der Waals surface area contributed by atoms with Crippen LogP contribution in [0.5, 0.6) is 0 Å². The molecule has 0 aliphatic carbocycles. The van der Waals surface area contributed by atoms with Crippen molar-refractivity contribution in [3.8, 4) is 11.1 Å². The number of imidazole rings is 1. The van der Waals surface area contributed by atoms with Crippen molar-refractivity contribution in [3.05, 3.63) is 118 Å². The van der Waals surface area contributed by atoms with Gasteiger partial charge in [-0.1, -0.05) is 17.7 Å². The second-order valence-electron chi connectivity index (χ2n) is 9.37. The van der Waals surface area contributed by atoms with Crippen LogP contribution in [0, 0.1) is 11.6 Å². The Morgan fingerprint density at radius 3 is 2.51 bits per heavy atom. The van der Waals surface area contributed by atoms with E-state index in [0.717, 1.165) is 12.1 Å². The van der Waals surface area contributed by atoms with Gasteiger partial charge in [0.1, 0.15) is 11.6 Å². The summed E-state index contributed by atoms with van der Waals surface area (Å²) >= 11 is 6.33. The molecule has 12 heteroatoms. The molecule has 6 nitrogen and oxygen atoms in total. The van der Waals surface area contributed by atoms with Crippen LogP contribution in [0.15, 0.2) is 73.1 Å². The fourth-order valence-corrected chi connectivity index (χ4v) is 5.09. The zero-order valence-corrected chi connectivity index (χ0v) is 21.3. The Morgan fingerprint density at radius 2 is 1.73 bits per heavy atom. The van der Waals surface area contributed by atoms with Crippen LogP contribution < -0.4 is 10.6 Å². The molecular weight excluding hydrogens is 567 g/mol. The SMILES string of the molecule is O=C(Nc1cc(-c2ccc3nc[nH]c3c2)cc2c1C(c1cc(F)ccc1Cl)NC2=O)c1cc(F)cc(C(F)(F)F)c1. The number of benzene rings is 4. The number of carbonyl (C=O) groups excluding carboxylic acids is 2. The van der Waals surface area contributed by atoms with E-state index in [9.17, 15) is 31.5 Å². The van der Waals surface area contributed by atoms with Crippen LogP contribution >= 0.6 is 11.6 Å². The van der Waals surface area contributed by atoms with E-state index in [0.29, 0.717) is 34.3 Å². The highest BCUT2D eigenvalue weighted by atomic mass is 35.5. The maximum Gasteiger partial charge on any atom is 0.416 e. The summed E-state index contributed by atoms with van der Waals surface area (Å²) in [6.45, 7) is 0. The number of aromatic amines is 1. The zero-order valence-electron chi connectivity index (χ0n) is 20.5. The van der Waals surface area contributed by atoms with E-state index in [1.165, 1.54) is 18.5 Å². The molecule has 2 heterocycles. The van der Waals surface area contributed by atoms with Crippen LogP contribution in [0.3, 0.4) is 0 Å². The van der Waals surface area contributed by atoms with Gasteiger partial charge in [-0.3, -0.25) is 9.59 Å². The molecule has 1 aromatic heterocycles. The molecule has 1 atom stereocenters. The number of halogens is 6. The summed E-state index contributed by atoms with van der Waals surface area (Å²) in [6, 6.07) is 12.4. The lowest BCUT2D eigenvalue weighted by Crippen LogP contribution is -2.21. The van der Waals surface area contributed by atoms with E-state index in [2.05, 4.69) is 20.6 Å². The average Bonchev–Trinajstić information content (AvgIpc) is 3.53. The molecule has 0 saturated heterocycles. The first-order valence-electron chi connectivity index (χ1n) is 12.0. The summed E-state index contributed by atoms with van der Waals surface area (Å²) in [7, 11) is 0. The molecule has 4 aromatic carbocycles. The topological polar surface area (TPSA) is 86.9 Å². The summed E-state index contributed by atoms with van der Waals surface area (Å²) < 4.78 is 68.2. The molecule has 1 aliphatic heterocycles. The molecule has 206 valence electrons. The zero-order chi connectivity index (χ0) is 29.1. The van der Waals surface area contributed by atoms with Crippen LogP contribution in [0.25, 0.3) is 22.2 Å². The van der Waals surface area contributed by atoms with Gasteiger partial charge in [-0.15, -0.1) is 0 Å². The van der Waals surface area contributed by atoms with Crippen molar-refractivity contribution < 1.29 is 31.5 Å². The number of anilines is 1. The molecule has 0 saturated carbocycles. The molecule has 3 N–H and O–H groups in total. The van der Waals surface area contributed by atoms with E-state index in [1.807, 2.05) is 0 Å². The number of hydrogen-bond acceptors (Lipinski definition) is 3. The molecule has 1 aliphatic rings. The molecule has 1 unspecified atom stereocenters. The number of alkyl halides is 3. The molecule has 6 rings (SSSR count). The van der Waals surface area contributed by atoms with Crippen molar-refractivity contribution in [2.75, 3.05) is 5.32 Å². The first-order valence-corrected chi connectivity index (χ1v) is 12.4. The Labute approximate surface area is 233 Å². The summed E-state index contributed by atoms with van der Waals surface area (Å²) in [5.74, 6) is -3.48. The molecule has 0 fully saturated rings. The minimum atomic E-state index is -4.89. The van der Waals surface area contributed by atoms with Gasteiger partial charge in [0.05, 0.1) is 29.0 Å². The number of nitrogens with one attached hydrogen (secondary N) is 3. The molecule has 5 aromatic rings. The lowest BCUT2D eigenvalue weighted by molar-refractivity contribution is -0.137. The maximum atomic E-state index is 14.2. The van der Waals surface area contributed by atoms with Crippen LogP contribution in [0.4, 0.5) is 27.6 Å². The Hall–Kier alpha value is -4.77. The van der Waals surface area contributed by atoms with Gasteiger partial charge in [0.15, 0.2) is 0 Å². The summed E-state index contributed by atoms with van der Waals surface area (Å²) in [5, 5.41) is 5.41. The Morgan fingerprint density at radius 1 is 0.927 bits per heavy atom. The highest BCUT2D eigenvalue weighted by Gasteiger charge is 2.36. The number of rotatable bonds is 4. The van der Waals surface area contributed by atoms with Crippen LogP contribution in [-0.4, -0.2) is 21.8 Å². The summed E-state index contributed by atoms with van der Waals surface area (Å²) in [4.78, 5) is 33.5. The molecular formula is C29H16ClF5N4O2. The van der Waals surface area contributed by atoms with E-state index in [4.69, 9.17) is 11.6 Å². The molecule has 0 radical (unpaired) electrons. The smallest absolute Gasteiger partial charge is 0.345 e. The number of hydrogen-bond donors (Lipinski definition) is 3. The Bertz CT molecular complexity index is 1890. The van der Waals surface area contributed by atoms with Crippen LogP contribution in [0.1, 0.15) is 43.4 Å². The first-order chi connectivity index (χ1) is 19.5. The standard InChI is InChI=1S/C29H16ClF5N4O2/c30-21-3-2-17(31)11-19(21)26-25-20(28(41)39-26)7-14(13-1-4-22-23(8-13)37-12-36-22)9-24(25)38-27(40)15-5-16(29(33,34)35)10-18(32)6-15/h1-12,26H,(H,36,37)(H,38,40)(H,39,41). The lowest BCUT2D eigenvalue weighted by Gasteiger charge is -2.19. The summed E-state index contributed by atoms with van der Waals surface area (Å²) in [6.07, 6.45) is -3.38. The average molecular weight is 583 g/mol. The summed E-state index contributed by atoms with van der Waals surface area (Å²) in [5.41, 5.74) is 1.15. The Balaban J connectivity index is 1.51. The third-order valence-corrected chi connectivity index (χ3v) is 7.09. The predicted molar refractivity (Wildman–Crippen MR) is 142 cm³/mol. The molecule has 0 bridgehead atoms. The Kier molecular flexibility index (Phi) is 6.26. The maximum absolute atomic E-state index is 14.2. The van der Waals surface area contributed by atoms with Gasteiger partial charge in [0, 0.05) is 33.0 Å². The van der Waals surface area contributed by atoms with Crippen molar-refractivity contribution >= 4 is 40.1 Å². The van der Waals surface area contributed by atoms with E-state index in [1.54, 1.807) is 24.3 Å². The van der Waals surface area contributed by atoms with E-state index in [-0.39, 0.29) is 33.5 Å². The van der Waals surface area contributed by atoms with Crippen LogP contribution in [-0.2, 0) is 6.18 Å². The van der Waals surface area contributed by atoms with Crippen molar-refractivity contribution in [1.29, 1.82) is 0 Å². The third kappa shape index (κ3) is 4.89. The largest absolute Gasteiger partial charge is 0.416 e. The lowest BCUT2D eigenvalue weighted by atomic mass is 9.92. The fraction of sp³-hybridized carbons (Fsp3) is 0.0690. The van der Waals surface area contributed by atoms with Gasteiger partial charge in [0.25, 0.3) is 11.8 Å². The first kappa shape index (κ1) is 26.5. The number of aromatic nitrogens is 2. The second-order valence-corrected chi connectivity index (χ2v) is 9.78. The number of carbonyl (C=O) groups is 2. The molecule has 2 amide bonds. The third-order valence-electron chi connectivity index (χ3n) is 6.75. The fourth-order valence-electron chi connectivity index (χ4n) is 4.87. The molecule has 41 heavy (non-hydrogen) atoms. The quantitative estimate of drug-likeness (QED) is 0.195. The van der Waals surface area contributed by atoms with Gasteiger partial charge in [0.2, 0.25) is 0 Å². The number of fused-ring (bicyclic) bond motifs is 2. The minimum Gasteiger partial charge on any atom is -0.345 e. The molecule has 0 spiro atoms. The van der Waals surface area contributed by atoms with Gasteiger partial charge < -0.3 is 15.6 Å². The minimum absolute atomic E-state index is 0.0358. The number of nitrogens with zero attached hydrogens (tertiary/aromatic N) is 1. The van der Waals surface area contributed by atoms with E-state index < -0.39 is 46.8 Å². The van der Waals surface area contributed by atoms with E-state index >= 15 is 0 Å². The van der Waals surface area contributed by atoms with Gasteiger partial charge in [-0.2, -0.15) is 13.2 Å².